The third-order valence-corrected chi connectivity index (χ3v) is 4.42. The largest absolute Gasteiger partial charge is 0.426 e. The van der Waals surface area contributed by atoms with E-state index in [0.29, 0.717) is 11.1 Å². The molecule has 0 saturated carbocycles. The fourth-order valence-electron chi connectivity index (χ4n) is 2.41. The van der Waals surface area contributed by atoms with Crippen LogP contribution in [0.15, 0.2) is 53.4 Å². The minimum atomic E-state index is -0.455. The number of imide groups is 1. The summed E-state index contributed by atoms with van der Waals surface area (Å²) in [4.78, 5) is 35.1. The number of hydrogen-bond acceptors (Lipinski definition) is 6. The molecule has 1 fully saturated rings. The summed E-state index contributed by atoms with van der Waals surface area (Å²) in [5.74, 6) is -0.632. The van der Waals surface area contributed by atoms with Gasteiger partial charge < -0.3 is 9.84 Å². The monoisotopic (exact) mass is 369 g/mol. The van der Waals surface area contributed by atoms with E-state index in [-0.39, 0.29) is 23.7 Å². The maximum Gasteiger partial charge on any atom is 0.315 e. The number of esters is 1. The van der Waals surface area contributed by atoms with Crippen molar-refractivity contribution in [2.75, 3.05) is 0 Å². The van der Waals surface area contributed by atoms with Crippen molar-refractivity contribution in [3.8, 4) is 5.75 Å². The molecule has 2 N–H and O–H groups in total. The van der Waals surface area contributed by atoms with Crippen LogP contribution in [0.5, 0.6) is 5.75 Å². The normalized spacial score (nSPS) is 15.2. The summed E-state index contributed by atoms with van der Waals surface area (Å²) in [5, 5.41) is 11.3. The highest BCUT2D eigenvalue weighted by Crippen LogP contribution is 2.28. The molecule has 26 heavy (non-hydrogen) atoms. The second kappa shape index (κ2) is 7.99. The van der Waals surface area contributed by atoms with E-state index in [2.05, 4.69) is 5.32 Å². The Bertz CT molecular complexity index is 892. The van der Waals surface area contributed by atoms with Crippen molar-refractivity contribution in [1.82, 2.24) is 5.32 Å². The van der Waals surface area contributed by atoms with E-state index in [1.54, 1.807) is 24.3 Å². The number of rotatable bonds is 5. The van der Waals surface area contributed by atoms with Crippen molar-refractivity contribution < 1.29 is 24.2 Å². The summed E-state index contributed by atoms with van der Waals surface area (Å²) in [6, 6.07) is 14.0. The number of nitrogens with one attached hydrogen (secondary N) is 1. The van der Waals surface area contributed by atoms with Crippen LogP contribution in [0.4, 0.5) is 4.79 Å². The average Bonchev–Trinajstić information content (AvgIpc) is 2.94. The van der Waals surface area contributed by atoms with Gasteiger partial charge in [-0.15, -0.1) is 0 Å². The van der Waals surface area contributed by atoms with Crippen LogP contribution in [0.25, 0.3) is 6.08 Å². The molecule has 0 radical (unpaired) electrons. The number of aliphatic hydroxyl groups excluding tert-OH is 1. The van der Waals surface area contributed by atoms with Crippen LogP contribution in [0.3, 0.4) is 0 Å². The predicted molar refractivity (Wildman–Crippen MR) is 97.3 cm³/mol. The van der Waals surface area contributed by atoms with Crippen molar-refractivity contribution in [3.63, 3.8) is 0 Å². The molecular weight excluding hydrogens is 354 g/mol. The molecule has 0 aliphatic carbocycles. The molecule has 1 aliphatic rings. The Hall–Kier alpha value is -2.90. The first-order valence-corrected chi connectivity index (χ1v) is 8.60. The van der Waals surface area contributed by atoms with E-state index in [1.807, 2.05) is 30.3 Å². The molecule has 0 spiro atoms. The second-order valence-electron chi connectivity index (χ2n) is 5.51. The van der Waals surface area contributed by atoms with Crippen molar-refractivity contribution in [3.05, 3.63) is 70.1 Å². The number of thioether (sulfide) groups is 1. The van der Waals surface area contributed by atoms with E-state index < -0.39 is 17.1 Å². The molecule has 2 amide bonds. The van der Waals surface area contributed by atoms with E-state index >= 15 is 0 Å². The van der Waals surface area contributed by atoms with Crippen LogP contribution >= 0.6 is 11.8 Å². The third-order valence-electron chi connectivity index (χ3n) is 3.61. The van der Waals surface area contributed by atoms with Crippen LogP contribution < -0.4 is 10.1 Å². The van der Waals surface area contributed by atoms with Gasteiger partial charge in [0.05, 0.1) is 17.9 Å². The van der Waals surface area contributed by atoms with Crippen molar-refractivity contribution in [1.29, 1.82) is 0 Å². The minimum Gasteiger partial charge on any atom is -0.426 e. The third kappa shape index (κ3) is 4.38. The summed E-state index contributed by atoms with van der Waals surface area (Å²) in [7, 11) is 0. The van der Waals surface area contributed by atoms with Crippen LogP contribution in [0, 0.1) is 0 Å². The molecule has 0 atom stereocenters. The van der Waals surface area contributed by atoms with Crippen LogP contribution in [0.2, 0.25) is 0 Å². The van der Waals surface area contributed by atoms with Crippen LogP contribution in [-0.2, 0) is 22.6 Å². The zero-order chi connectivity index (χ0) is 18.5. The highest BCUT2D eigenvalue weighted by atomic mass is 32.2. The molecule has 132 valence electrons. The van der Waals surface area contributed by atoms with Crippen molar-refractivity contribution in [2.45, 2.75) is 13.0 Å². The average molecular weight is 369 g/mol. The maximum atomic E-state index is 12.1. The van der Waals surface area contributed by atoms with Crippen molar-refractivity contribution >= 4 is 35.0 Å². The second-order valence-corrected chi connectivity index (χ2v) is 6.53. The Kier molecular flexibility index (Phi) is 5.50. The number of carbonyl (C=O) groups is 3. The first-order valence-electron chi connectivity index (χ1n) is 7.78. The lowest BCUT2D eigenvalue weighted by molar-refractivity contribution is -0.133. The van der Waals surface area contributed by atoms with Crippen molar-refractivity contribution in [2.24, 2.45) is 0 Å². The number of hydrogen-bond donors (Lipinski definition) is 2. The maximum absolute atomic E-state index is 12.1. The summed E-state index contributed by atoms with van der Waals surface area (Å²) in [6.07, 6.45) is 1.66. The van der Waals surface area contributed by atoms with Gasteiger partial charge >= 0.3 is 5.97 Å². The minimum absolute atomic E-state index is 0.121. The van der Waals surface area contributed by atoms with E-state index in [0.717, 1.165) is 17.3 Å². The van der Waals surface area contributed by atoms with Crippen LogP contribution in [0.1, 0.15) is 16.7 Å². The smallest absolute Gasteiger partial charge is 0.315 e. The number of aliphatic hydroxyl groups is 1. The summed E-state index contributed by atoms with van der Waals surface area (Å²) in [5.41, 5.74) is 1.86. The quantitative estimate of drug-likeness (QED) is 0.478. The molecule has 6 nitrogen and oxygen atoms in total. The Morgan fingerprint density at radius 3 is 2.58 bits per heavy atom. The van der Waals surface area contributed by atoms with Gasteiger partial charge in [0, 0.05) is 5.56 Å². The zero-order valence-corrected chi connectivity index (χ0v) is 14.4. The van der Waals surface area contributed by atoms with Gasteiger partial charge in [0.15, 0.2) is 0 Å². The Balaban J connectivity index is 1.74. The number of benzene rings is 2. The van der Waals surface area contributed by atoms with Gasteiger partial charge in [0.2, 0.25) is 0 Å². The van der Waals surface area contributed by atoms with Gasteiger partial charge in [0.25, 0.3) is 11.1 Å². The highest BCUT2D eigenvalue weighted by Gasteiger charge is 2.25. The lowest BCUT2D eigenvalue weighted by atomic mass is 10.1. The molecule has 0 bridgehead atoms. The zero-order valence-electron chi connectivity index (χ0n) is 13.6. The summed E-state index contributed by atoms with van der Waals surface area (Å²) >= 11 is 0.812. The molecule has 1 saturated heterocycles. The standard InChI is InChI=1S/C19H15NO5S/c21-11-14-8-13(9-16-18(23)20-19(24)26-16)6-7-15(14)25-17(22)10-12-4-2-1-3-5-12/h1-9,21H,10-11H2,(H,20,23,24)/b16-9-. The van der Waals surface area contributed by atoms with Gasteiger partial charge in [-0.1, -0.05) is 36.4 Å². The van der Waals surface area contributed by atoms with E-state index in [4.69, 9.17) is 4.74 Å². The molecule has 0 aromatic heterocycles. The lowest BCUT2D eigenvalue weighted by Gasteiger charge is -2.10. The molecule has 1 aliphatic heterocycles. The van der Waals surface area contributed by atoms with Gasteiger partial charge in [-0.25, -0.2) is 0 Å². The molecule has 2 aromatic rings. The number of carbonyl (C=O) groups excluding carboxylic acids is 3. The fourth-order valence-corrected chi connectivity index (χ4v) is 3.09. The van der Waals surface area contributed by atoms with Crippen LogP contribution in [-0.4, -0.2) is 22.2 Å². The number of ether oxygens (including phenoxy) is 1. The topological polar surface area (TPSA) is 92.7 Å². The van der Waals surface area contributed by atoms with E-state index in [9.17, 15) is 19.5 Å². The molecular formula is C19H15NO5S. The molecule has 7 heteroatoms. The van der Waals surface area contributed by atoms with Gasteiger partial charge in [0.1, 0.15) is 5.75 Å². The lowest BCUT2D eigenvalue weighted by Crippen LogP contribution is -2.17. The first kappa shape index (κ1) is 17.9. The predicted octanol–water partition coefficient (Wildman–Crippen LogP) is 2.65. The Morgan fingerprint density at radius 1 is 1.15 bits per heavy atom. The van der Waals surface area contributed by atoms with Gasteiger partial charge in [-0.05, 0) is 41.1 Å². The highest BCUT2D eigenvalue weighted by molar-refractivity contribution is 8.18. The molecule has 3 rings (SSSR count). The SMILES string of the molecule is O=C(Cc1ccccc1)Oc1ccc(/C=C2\SC(=O)NC2=O)cc1CO. The Morgan fingerprint density at radius 2 is 1.92 bits per heavy atom. The molecule has 2 aromatic carbocycles. The first-order chi connectivity index (χ1) is 12.5. The summed E-state index contributed by atoms with van der Waals surface area (Å²) < 4.78 is 5.35. The Labute approximate surface area is 153 Å². The molecule has 0 unspecified atom stereocenters. The van der Waals surface area contributed by atoms with Gasteiger partial charge in [-0.2, -0.15) is 0 Å². The summed E-state index contributed by atoms with van der Waals surface area (Å²) in [6.45, 7) is -0.330. The molecule has 1 heterocycles. The van der Waals surface area contributed by atoms with Gasteiger partial charge in [-0.3, -0.25) is 19.7 Å². The number of amides is 2. The van der Waals surface area contributed by atoms with E-state index in [1.165, 1.54) is 0 Å². The fraction of sp³-hybridized carbons (Fsp3) is 0.105.